The monoisotopic (exact) mass is 260 g/mol. The van der Waals surface area contributed by atoms with Gasteiger partial charge in [0.2, 0.25) is 0 Å². The van der Waals surface area contributed by atoms with Crippen LogP contribution in [0.5, 0.6) is 0 Å². The van der Waals surface area contributed by atoms with E-state index in [-0.39, 0.29) is 5.54 Å². The van der Waals surface area contributed by atoms with Gasteiger partial charge in [0.1, 0.15) is 5.01 Å². The Morgan fingerprint density at radius 1 is 1.22 bits per heavy atom. The highest BCUT2D eigenvalue weighted by Gasteiger charge is 2.21. The summed E-state index contributed by atoms with van der Waals surface area (Å²) in [4.78, 5) is 5.81. The number of benzene rings is 1. The van der Waals surface area contributed by atoms with E-state index in [1.165, 1.54) is 11.1 Å². The van der Waals surface area contributed by atoms with Crippen molar-refractivity contribution in [2.75, 3.05) is 0 Å². The molecule has 0 aliphatic heterocycles. The van der Waals surface area contributed by atoms with Gasteiger partial charge in [-0.2, -0.15) is 0 Å². The molecule has 1 aromatic heterocycles. The van der Waals surface area contributed by atoms with Crippen molar-refractivity contribution >= 4 is 11.3 Å². The van der Waals surface area contributed by atoms with Gasteiger partial charge in [-0.25, -0.2) is 4.98 Å². The Morgan fingerprint density at radius 2 is 1.83 bits per heavy atom. The maximum absolute atomic E-state index is 6.17. The molecular weight excluding hydrogens is 240 g/mol. The molecule has 96 valence electrons. The summed E-state index contributed by atoms with van der Waals surface area (Å²) >= 11 is 1.70. The Balaban J connectivity index is 2.39. The minimum atomic E-state index is -0.316. The summed E-state index contributed by atoms with van der Waals surface area (Å²) in [6.07, 6.45) is 1.07. The quantitative estimate of drug-likeness (QED) is 0.909. The van der Waals surface area contributed by atoms with E-state index in [4.69, 9.17) is 5.73 Å². The fourth-order valence-corrected chi connectivity index (χ4v) is 3.09. The van der Waals surface area contributed by atoms with E-state index in [9.17, 15) is 0 Å². The molecule has 0 fully saturated rings. The van der Waals surface area contributed by atoms with Crippen LogP contribution in [0.2, 0.25) is 0 Å². The molecule has 0 bridgehead atoms. The number of aryl methyl sites for hydroxylation is 2. The van der Waals surface area contributed by atoms with Gasteiger partial charge in [-0.1, -0.05) is 31.2 Å². The lowest BCUT2D eigenvalue weighted by Gasteiger charge is -2.16. The molecule has 0 amide bonds. The minimum absolute atomic E-state index is 0.316. The number of thiazole rings is 1. The van der Waals surface area contributed by atoms with Crippen LogP contribution in [0.25, 0.3) is 10.6 Å². The molecule has 0 aliphatic carbocycles. The first-order valence-electron chi connectivity index (χ1n) is 6.28. The smallest absolute Gasteiger partial charge is 0.123 e. The second kappa shape index (κ2) is 4.82. The van der Waals surface area contributed by atoms with Gasteiger partial charge < -0.3 is 5.73 Å². The molecule has 0 atom stereocenters. The minimum Gasteiger partial charge on any atom is -0.321 e. The summed E-state index contributed by atoms with van der Waals surface area (Å²) in [6, 6.07) is 8.62. The molecule has 1 aromatic carbocycles. The third-order valence-electron chi connectivity index (χ3n) is 2.99. The topological polar surface area (TPSA) is 38.9 Å². The van der Waals surface area contributed by atoms with Crippen LogP contribution in [-0.4, -0.2) is 4.98 Å². The summed E-state index contributed by atoms with van der Waals surface area (Å²) < 4.78 is 0. The Labute approximate surface area is 113 Å². The predicted octanol–water partition coefficient (Wildman–Crippen LogP) is 3.87. The lowest BCUT2D eigenvalue weighted by molar-refractivity contribution is 0.562. The van der Waals surface area contributed by atoms with Crippen LogP contribution in [0.3, 0.4) is 0 Å². The first kappa shape index (κ1) is 13.2. The van der Waals surface area contributed by atoms with Gasteiger partial charge in [0.15, 0.2) is 0 Å². The average molecular weight is 260 g/mol. The molecule has 0 saturated heterocycles. The van der Waals surface area contributed by atoms with Crippen LogP contribution < -0.4 is 5.73 Å². The second-order valence-electron chi connectivity index (χ2n) is 5.21. The zero-order chi connectivity index (χ0) is 13.3. The van der Waals surface area contributed by atoms with E-state index in [1.807, 2.05) is 20.8 Å². The van der Waals surface area contributed by atoms with Gasteiger partial charge >= 0.3 is 0 Å². The average Bonchev–Trinajstić information content (AvgIpc) is 2.71. The standard InChI is InChI=1S/C15H20N2S/c1-5-11-6-8-12(9-7-11)14-17-10(2)13(18-14)15(3,4)16/h6-9H,5,16H2,1-4H3. The van der Waals surface area contributed by atoms with Crippen LogP contribution >= 0.6 is 11.3 Å². The fourth-order valence-electron chi connectivity index (χ4n) is 2.00. The highest BCUT2D eigenvalue weighted by atomic mass is 32.1. The number of hydrogen-bond acceptors (Lipinski definition) is 3. The summed E-state index contributed by atoms with van der Waals surface area (Å²) in [7, 11) is 0. The molecule has 2 nitrogen and oxygen atoms in total. The first-order chi connectivity index (χ1) is 8.41. The Kier molecular flexibility index (Phi) is 3.55. The molecule has 2 N–H and O–H groups in total. The number of nitrogens with two attached hydrogens (primary N) is 1. The molecule has 2 aromatic rings. The molecule has 0 aliphatic rings. The van der Waals surface area contributed by atoms with Crippen LogP contribution in [0.4, 0.5) is 0 Å². The van der Waals surface area contributed by atoms with Crippen molar-refractivity contribution in [3.05, 3.63) is 40.4 Å². The van der Waals surface area contributed by atoms with Crippen LogP contribution in [0.1, 0.15) is 36.9 Å². The Bertz CT molecular complexity index is 533. The molecule has 0 unspecified atom stereocenters. The van der Waals surface area contributed by atoms with E-state index < -0.39 is 0 Å². The van der Waals surface area contributed by atoms with Crippen molar-refractivity contribution in [2.45, 2.75) is 39.7 Å². The highest BCUT2D eigenvalue weighted by Crippen LogP contribution is 2.33. The highest BCUT2D eigenvalue weighted by molar-refractivity contribution is 7.15. The molecular formula is C15H20N2S. The lowest BCUT2D eigenvalue weighted by Crippen LogP contribution is -2.28. The first-order valence-corrected chi connectivity index (χ1v) is 7.09. The predicted molar refractivity (Wildman–Crippen MR) is 78.9 cm³/mol. The number of aromatic nitrogens is 1. The third-order valence-corrected chi connectivity index (χ3v) is 4.54. The summed E-state index contributed by atoms with van der Waals surface area (Å²) in [5, 5.41) is 1.06. The van der Waals surface area contributed by atoms with E-state index in [1.54, 1.807) is 11.3 Å². The van der Waals surface area contributed by atoms with Crippen molar-refractivity contribution in [3.63, 3.8) is 0 Å². The molecule has 0 radical (unpaired) electrons. The maximum atomic E-state index is 6.17. The van der Waals surface area contributed by atoms with Crippen molar-refractivity contribution < 1.29 is 0 Å². The van der Waals surface area contributed by atoms with Gasteiger partial charge in [-0.3, -0.25) is 0 Å². The van der Waals surface area contributed by atoms with E-state index in [2.05, 4.69) is 36.2 Å². The zero-order valence-electron chi connectivity index (χ0n) is 11.4. The Hall–Kier alpha value is -1.19. The van der Waals surface area contributed by atoms with Gasteiger partial charge in [-0.05, 0) is 32.8 Å². The number of hydrogen-bond donors (Lipinski definition) is 1. The van der Waals surface area contributed by atoms with Crippen LogP contribution in [-0.2, 0) is 12.0 Å². The van der Waals surface area contributed by atoms with Crippen LogP contribution in [0.15, 0.2) is 24.3 Å². The molecule has 18 heavy (non-hydrogen) atoms. The summed E-state index contributed by atoms with van der Waals surface area (Å²) in [5.41, 5.74) is 9.42. The molecule has 3 heteroatoms. The zero-order valence-corrected chi connectivity index (χ0v) is 12.3. The summed E-state index contributed by atoms with van der Waals surface area (Å²) in [5.74, 6) is 0. The Morgan fingerprint density at radius 3 is 2.28 bits per heavy atom. The normalized spacial score (nSPS) is 11.8. The van der Waals surface area contributed by atoms with Crippen LogP contribution in [0, 0.1) is 6.92 Å². The van der Waals surface area contributed by atoms with E-state index >= 15 is 0 Å². The fraction of sp³-hybridized carbons (Fsp3) is 0.400. The molecule has 2 rings (SSSR count). The number of nitrogens with zero attached hydrogens (tertiary/aromatic N) is 1. The van der Waals surface area contributed by atoms with Gasteiger partial charge in [0, 0.05) is 16.0 Å². The van der Waals surface area contributed by atoms with Gasteiger partial charge in [0.05, 0.1) is 5.69 Å². The molecule has 0 spiro atoms. The van der Waals surface area contributed by atoms with E-state index in [0.29, 0.717) is 0 Å². The largest absolute Gasteiger partial charge is 0.321 e. The van der Waals surface area contributed by atoms with Gasteiger partial charge in [-0.15, -0.1) is 11.3 Å². The number of rotatable bonds is 3. The SMILES string of the molecule is CCc1ccc(-c2nc(C)c(C(C)(C)N)s2)cc1. The third kappa shape index (κ3) is 2.62. The second-order valence-corrected chi connectivity index (χ2v) is 6.20. The van der Waals surface area contributed by atoms with Crippen molar-refractivity contribution in [3.8, 4) is 10.6 Å². The maximum Gasteiger partial charge on any atom is 0.123 e. The van der Waals surface area contributed by atoms with Crippen molar-refractivity contribution in [1.82, 2.24) is 4.98 Å². The van der Waals surface area contributed by atoms with Crippen molar-refractivity contribution in [1.29, 1.82) is 0 Å². The molecule has 1 heterocycles. The molecule has 0 saturated carbocycles. The lowest BCUT2D eigenvalue weighted by atomic mass is 10.0. The van der Waals surface area contributed by atoms with E-state index in [0.717, 1.165) is 22.0 Å². The summed E-state index contributed by atoms with van der Waals surface area (Å²) in [6.45, 7) is 8.25. The van der Waals surface area contributed by atoms with Gasteiger partial charge in [0.25, 0.3) is 0 Å². The van der Waals surface area contributed by atoms with Crippen molar-refractivity contribution in [2.24, 2.45) is 5.73 Å².